The van der Waals surface area contributed by atoms with Crippen LogP contribution in [0.1, 0.15) is 50.2 Å². The van der Waals surface area contributed by atoms with Gasteiger partial charge in [0.1, 0.15) is 11.5 Å². The third kappa shape index (κ3) is 5.17. The van der Waals surface area contributed by atoms with Crippen LogP contribution >= 0.6 is 0 Å². The molecule has 3 aliphatic rings. The number of carbonyl (C=O) groups excluding carboxylic acids is 1. The van der Waals surface area contributed by atoms with Crippen LogP contribution in [-0.2, 0) is 14.6 Å². The number of hydrogen-bond donors (Lipinski definition) is 2. The number of hydrogen-bond acceptors (Lipinski definition) is 9. The molecule has 10 nitrogen and oxygen atoms in total. The molecule has 2 atom stereocenters. The van der Waals surface area contributed by atoms with Crippen molar-refractivity contribution in [1.29, 1.82) is 0 Å². The standard InChI is InChI=1S/C27H32N6O4S/c28-27(10-11-27)32-25(34)21-5-2-1-4-20(21)23-22(31-26(37-23)24-29-12-3-13-30-24)18-6-8-19(9-7-18)33-14-16-38(35,36)17-15-33/h3,6-9,12-13,20-21H,1-2,4-5,10-11,14-17,28H2,(H,32,34)/t20-,21-/m1/s1. The maximum absolute atomic E-state index is 13.3. The Kier molecular flexibility index (Phi) is 6.43. The first-order valence-electron chi connectivity index (χ1n) is 13.3. The van der Waals surface area contributed by atoms with E-state index >= 15 is 0 Å². The van der Waals surface area contributed by atoms with Crippen LogP contribution in [0.15, 0.2) is 47.1 Å². The molecule has 1 amide bonds. The summed E-state index contributed by atoms with van der Waals surface area (Å²) in [4.78, 5) is 28.9. The molecule has 2 aromatic heterocycles. The molecule has 0 bridgehead atoms. The molecule has 11 heteroatoms. The second-order valence-corrected chi connectivity index (χ2v) is 12.9. The fraction of sp³-hybridized carbons (Fsp3) is 0.481. The Balaban J connectivity index is 1.34. The summed E-state index contributed by atoms with van der Waals surface area (Å²) in [5.74, 6) is 1.30. The lowest BCUT2D eigenvalue weighted by Crippen LogP contribution is -2.48. The van der Waals surface area contributed by atoms with Gasteiger partial charge in [0.25, 0.3) is 5.89 Å². The van der Waals surface area contributed by atoms with Crippen LogP contribution in [-0.4, -0.2) is 59.5 Å². The molecule has 200 valence electrons. The highest BCUT2D eigenvalue weighted by Gasteiger charge is 2.44. The fourth-order valence-corrected chi connectivity index (χ4v) is 6.65. The Morgan fingerprint density at radius 3 is 2.42 bits per heavy atom. The number of oxazole rings is 1. The molecule has 3 fully saturated rings. The number of nitrogens with two attached hydrogens (primary N) is 1. The topological polar surface area (TPSA) is 144 Å². The highest BCUT2D eigenvalue weighted by molar-refractivity contribution is 7.91. The average molecular weight is 537 g/mol. The van der Waals surface area contributed by atoms with E-state index in [2.05, 4.69) is 20.2 Å². The van der Waals surface area contributed by atoms with Crippen molar-refractivity contribution in [3.05, 3.63) is 48.5 Å². The number of nitrogens with one attached hydrogen (secondary N) is 1. The zero-order valence-electron chi connectivity index (χ0n) is 21.2. The van der Waals surface area contributed by atoms with Crippen LogP contribution < -0.4 is 16.0 Å². The van der Waals surface area contributed by atoms with Gasteiger partial charge in [-0.3, -0.25) is 4.79 Å². The number of anilines is 1. The van der Waals surface area contributed by atoms with Crippen molar-refractivity contribution < 1.29 is 17.6 Å². The number of amides is 1. The number of aromatic nitrogens is 3. The predicted molar refractivity (Wildman–Crippen MR) is 143 cm³/mol. The van der Waals surface area contributed by atoms with Gasteiger partial charge >= 0.3 is 0 Å². The molecule has 0 radical (unpaired) electrons. The number of rotatable bonds is 6. The van der Waals surface area contributed by atoms with E-state index in [9.17, 15) is 13.2 Å². The van der Waals surface area contributed by atoms with Gasteiger partial charge in [-0.1, -0.05) is 25.0 Å². The van der Waals surface area contributed by atoms with Crippen LogP contribution in [0.4, 0.5) is 5.69 Å². The summed E-state index contributed by atoms with van der Waals surface area (Å²) in [7, 11) is -2.95. The molecule has 3 aromatic rings. The molecule has 3 N–H and O–H groups in total. The van der Waals surface area contributed by atoms with Gasteiger partial charge in [0.2, 0.25) is 11.7 Å². The number of benzene rings is 1. The van der Waals surface area contributed by atoms with Crippen LogP contribution in [0.3, 0.4) is 0 Å². The largest absolute Gasteiger partial charge is 0.438 e. The SMILES string of the molecule is NC1(NC(=O)[C@@H]2CCCC[C@H]2c2oc(-c3ncccn3)nc2-c2ccc(N3CCS(=O)(=O)CC3)cc2)CC1. The molecular weight excluding hydrogens is 504 g/mol. The van der Waals surface area contributed by atoms with E-state index in [0.717, 1.165) is 49.8 Å². The Hall–Kier alpha value is -3.31. The average Bonchev–Trinajstić information content (AvgIpc) is 3.49. The third-order valence-corrected chi connectivity index (χ3v) is 9.47. The minimum atomic E-state index is -2.95. The van der Waals surface area contributed by atoms with Crippen molar-refractivity contribution in [3.8, 4) is 23.0 Å². The lowest BCUT2D eigenvalue weighted by molar-refractivity contribution is -0.127. The van der Waals surface area contributed by atoms with E-state index in [4.69, 9.17) is 15.1 Å². The quantitative estimate of drug-likeness (QED) is 0.454. The molecule has 38 heavy (non-hydrogen) atoms. The first-order chi connectivity index (χ1) is 18.3. The first-order valence-corrected chi connectivity index (χ1v) is 15.1. The fourth-order valence-electron chi connectivity index (χ4n) is 5.45. The molecule has 3 heterocycles. The van der Waals surface area contributed by atoms with Crippen molar-refractivity contribution in [2.45, 2.75) is 50.1 Å². The van der Waals surface area contributed by atoms with Crippen molar-refractivity contribution in [2.75, 3.05) is 29.5 Å². The van der Waals surface area contributed by atoms with Gasteiger partial charge in [-0.05, 0) is 43.9 Å². The normalized spacial score (nSPS) is 24.1. The highest BCUT2D eigenvalue weighted by Crippen LogP contribution is 2.44. The number of nitrogens with zero attached hydrogens (tertiary/aromatic N) is 4. The molecule has 0 spiro atoms. The summed E-state index contributed by atoms with van der Waals surface area (Å²) in [6.07, 6.45) is 8.44. The Morgan fingerprint density at radius 1 is 1.05 bits per heavy atom. The molecule has 0 unspecified atom stereocenters. The summed E-state index contributed by atoms with van der Waals surface area (Å²) in [5.41, 5.74) is 8.14. The second kappa shape index (κ2) is 9.77. The zero-order valence-corrected chi connectivity index (χ0v) is 22.0. The molecule has 1 saturated heterocycles. The van der Waals surface area contributed by atoms with E-state index < -0.39 is 15.5 Å². The monoisotopic (exact) mass is 536 g/mol. The van der Waals surface area contributed by atoms with Crippen molar-refractivity contribution in [1.82, 2.24) is 20.3 Å². The smallest absolute Gasteiger partial charge is 0.265 e. The molecular formula is C27H32N6O4S. The van der Waals surface area contributed by atoms with Gasteiger partial charge in [-0.2, -0.15) is 0 Å². The third-order valence-electron chi connectivity index (χ3n) is 7.86. The highest BCUT2D eigenvalue weighted by atomic mass is 32.2. The molecule has 1 aliphatic heterocycles. The van der Waals surface area contributed by atoms with Crippen LogP contribution in [0.25, 0.3) is 23.0 Å². The van der Waals surface area contributed by atoms with Gasteiger partial charge in [0.15, 0.2) is 9.84 Å². The van der Waals surface area contributed by atoms with Gasteiger partial charge in [0, 0.05) is 48.6 Å². The maximum Gasteiger partial charge on any atom is 0.265 e. The molecule has 6 rings (SSSR count). The molecule has 2 saturated carbocycles. The van der Waals surface area contributed by atoms with Crippen LogP contribution in [0.5, 0.6) is 0 Å². The predicted octanol–water partition coefficient (Wildman–Crippen LogP) is 2.87. The number of carbonyl (C=O) groups is 1. The minimum absolute atomic E-state index is 0.0232. The molecule has 1 aromatic carbocycles. The van der Waals surface area contributed by atoms with E-state index in [-0.39, 0.29) is 29.2 Å². The van der Waals surface area contributed by atoms with E-state index in [1.165, 1.54) is 0 Å². The first kappa shape index (κ1) is 25.0. The van der Waals surface area contributed by atoms with Crippen LogP contribution in [0, 0.1) is 5.92 Å². The van der Waals surface area contributed by atoms with E-state index in [1.54, 1.807) is 18.5 Å². The minimum Gasteiger partial charge on any atom is -0.438 e. The molecule has 2 aliphatic carbocycles. The number of sulfone groups is 1. The van der Waals surface area contributed by atoms with E-state index in [0.29, 0.717) is 36.3 Å². The lowest BCUT2D eigenvalue weighted by atomic mass is 9.76. The van der Waals surface area contributed by atoms with Crippen LogP contribution in [0.2, 0.25) is 0 Å². The summed E-state index contributed by atoms with van der Waals surface area (Å²) < 4.78 is 30.0. The van der Waals surface area contributed by atoms with E-state index in [1.807, 2.05) is 24.3 Å². The van der Waals surface area contributed by atoms with Crippen molar-refractivity contribution in [3.63, 3.8) is 0 Å². The Bertz CT molecular complexity index is 1410. The van der Waals surface area contributed by atoms with Gasteiger partial charge < -0.3 is 20.4 Å². The zero-order chi connectivity index (χ0) is 26.3. The van der Waals surface area contributed by atoms with Gasteiger partial charge in [-0.25, -0.2) is 23.4 Å². The summed E-state index contributed by atoms with van der Waals surface area (Å²) >= 11 is 0. The lowest BCUT2D eigenvalue weighted by Gasteiger charge is -2.30. The van der Waals surface area contributed by atoms with Gasteiger partial charge in [-0.15, -0.1) is 0 Å². The summed E-state index contributed by atoms with van der Waals surface area (Å²) in [5, 5.41) is 3.05. The maximum atomic E-state index is 13.3. The second-order valence-electron chi connectivity index (χ2n) is 10.6. The summed E-state index contributed by atoms with van der Waals surface area (Å²) in [6.45, 7) is 0.960. The van der Waals surface area contributed by atoms with Crippen molar-refractivity contribution in [2.24, 2.45) is 11.7 Å². The Labute approximate surface area is 222 Å². The Morgan fingerprint density at radius 2 is 1.74 bits per heavy atom. The van der Waals surface area contributed by atoms with Gasteiger partial charge in [0.05, 0.1) is 17.2 Å². The van der Waals surface area contributed by atoms with Crippen molar-refractivity contribution >= 4 is 21.4 Å². The summed E-state index contributed by atoms with van der Waals surface area (Å²) in [6, 6.07) is 9.67.